The highest BCUT2D eigenvalue weighted by molar-refractivity contribution is 6.34. The van der Waals surface area contributed by atoms with Crippen LogP contribution in [0, 0.1) is 12.7 Å². The molecule has 1 amide bonds. The van der Waals surface area contributed by atoms with Crippen molar-refractivity contribution in [1.29, 1.82) is 0 Å². The number of aryl methyl sites for hydroxylation is 1. The molecule has 1 aromatic heterocycles. The Kier molecular flexibility index (Phi) is 6.59. The number of carbonyl (C=O) groups is 1. The number of amides is 1. The van der Waals surface area contributed by atoms with Crippen LogP contribution in [0.3, 0.4) is 0 Å². The van der Waals surface area contributed by atoms with Crippen molar-refractivity contribution in [2.75, 3.05) is 30.4 Å². The second kappa shape index (κ2) is 9.50. The number of hydrogen-bond donors (Lipinski definition) is 1. The lowest BCUT2D eigenvalue weighted by Gasteiger charge is -2.41. The van der Waals surface area contributed by atoms with Crippen molar-refractivity contribution in [1.82, 2.24) is 14.9 Å². The number of nitrogens with one attached hydrogen (secondary N) is 1. The minimum atomic E-state index is -4.82. The second-order valence-electron chi connectivity index (χ2n) is 9.93. The lowest BCUT2D eigenvalue weighted by molar-refractivity contribution is -0.140. The number of carbonyl (C=O) groups excluding carboxylic acids is 1. The summed E-state index contributed by atoms with van der Waals surface area (Å²) in [5.41, 5.74) is -0.659. The van der Waals surface area contributed by atoms with Gasteiger partial charge in [0.1, 0.15) is 22.9 Å². The molecule has 2 aliphatic rings. The molecule has 2 aromatic carbocycles. The van der Waals surface area contributed by atoms with E-state index in [9.17, 15) is 22.4 Å². The maximum absolute atomic E-state index is 14.9. The predicted octanol–water partition coefficient (Wildman–Crippen LogP) is 5.89. The number of aromatic nitrogens is 2. The summed E-state index contributed by atoms with van der Waals surface area (Å²) in [6.45, 7) is 4.48. The Balaban J connectivity index is 1.62. The maximum Gasteiger partial charge on any atom is 0.419 e. The van der Waals surface area contributed by atoms with Crippen LogP contribution in [0.1, 0.15) is 47.6 Å². The molecular formula is C27H26ClF4N5O. The number of anilines is 2. The maximum atomic E-state index is 14.9. The number of likely N-dealkylation sites (N-methyl/N-ethyl adjacent to an activating group) is 1. The first-order valence-corrected chi connectivity index (χ1v) is 12.6. The molecule has 5 rings (SSSR count). The Morgan fingerprint density at radius 1 is 1.13 bits per heavy atom. The van der Waals surface area contributed by atoms with E-state index in [0.717, 1.165) is 6.07 Å². The van der Waals surface area contributed by atoms with Crippen molar-refractivity contribution in [3.8, 4) is 0 Å². The summed E-state index contributed by atoms with van der Waals surface area (Å²) in [5, 5.41) is 3.53. The van der Waals surface area contributed by atoms with Crippen LogP contribution >= 0.6 is 11.6 Å². The lowest BCUT2D eigenvalue weighted by Crippen LogP contribution is -2.53. The van der Waals surface area contributed by atoms with Gasteiger partial charge in [0.25, 0.3) is 0 Å². The van der Waals surface area contributed by atoms with E-state index in [2.05, 4.69) is 15.2 Å². The fraction of sp³-hybridized carbons (Fsp3) is 0.370. The molecular weight excluding hydrogens is 522 g/mol. The Morgan fingerprint density at radius 2 is 1.87 bits per heavy atom. The van der Waals surface area contributed by atoms with Crippen LogP contribution in [0.5, 0.6) is 0 Å². The van der Waals surface area contributed by atoms with Crippen LogP contribution in [-0.2, 0) is 22.9 Å². The molecule has 2 atom stereocenters. The summed E-state index contributed by atoms with van der Waals surface area (Å²) < 4.78 is 55.0. The fourth-order valence-corrected chi connectivity index (χ4v) is 5.71. The van der Waals surface area contributed by atoms with E-state index < -0.39 is 29.0 Å². The molecule has 0 bridgehead atoms. The van der Waals surface area contributed by atoms with E-state index in [1.54, 1.807) is 43.0 Å². The van der Waals surface area contributed by atoms with Gasteiger partial charge in [-0.1, -0.05) is 35.9 Å². The van der Waals surface area contributed by atoms with Crippen LogP contribution in [-0.4, -0.2) is 40.9 Å². The third-order valence-corrected chi connectivity index (χ3v) is 7.62. The molecule has 0 aliphatic carbocycles. The van der Waals surface area contributed by atoms with Crippen LogP contribution in [0.15, 0.2) is 42.5 Å². The number of para-hydroxylation sites is 1. The molecule has 1 unspecified atom stereocenters. The zero-order valence-electron chi connectivity index (χ0n) is 21.0. The second-order valence-corrected chi connectivity index (χ2v) is 10.3. The van der Waals surface area contributed by atoms with E-state index in [1.807, 2.05) is 7.05 Å². The number of fused-ring (bicyclic) bond motifs is 2. The minimum Gasteiger partial charge on any atom is -0.363 e. The number of alkyl halides is 3. The minimum absolute atomic E-state index is 0.101. The van der Waals surface area contributed by atoms with Crippen molar-refractivity contribution in [2.24, 2.45) is 0 Å². The highest BCUT2D eigenvalue weighted by Gasteiger charge is 2.53. The summed E-state index contributed by atoms with van der Waals surface area (Å²) in [4.78, 5) is 27.0. The van der Waals surface area contributed by atoms with Crippen molar-refractivity contribution < 1.29 is 22.4 Å². The van der Waals surface area contributed by atoms with E-state index in [4.69, 9.17) is 16.6 Å². The number of benzene rings is 2. The summed E-state index contributed by atoms with van der Waals surface area (Å²) in [7, 11) is 1.93. The molecule has 11 heteroatoms. The fourth-order valence-electron chi connectivity index (χ4n) is 5.47. The van der Waals surface area contributed by atoms with E-state index in [-0.39, 0.29) is 18.0 Å². The highest BCUT2D eigenvalue weighted by atomic mass is 35.5. The van der Waals surface area contributed by atoms with Gasteiger partial charge in [-0.25, -0.2) is 14.4 Å². The topological polar surface area (TPSA) is 61.4 Å². The Bertz CT molecular complexity index is 1410. The molecule has 1 fully saturated rings. The quantitative estimate of drug-likeness (QED) is 0.413. The van der Waals surface area contributed by atoms with Crippen LogP contribution in [0.25, 0.3) is 0 Å². The van der Waals surface area contributed by atoms with Gasteiger partial charge in [0.15, 0.2) is 0 Å². The van der Waals surface area contributed by atoms with Gasteiger partial charge in [-0.3, -0.25) is 4.79 Å². The molecule has 1 saturated heterocycles. The Hall–Kier alpha value is -3.24. The van der Waals surface area contributed by atoms with E-state index >= 15 is 0 Å². The van der Waals surface area contributed by atoms with Gasteiger partial charge in [0.2, 0.25) is 5.91 Å². The largest absolute Gasteiger partial charge is 0.419 e. The third-order valence-electron chi connectivity index (χ3n) is 7.30. The average Bonchev–Trinajstić information content (AvgIpc) is 3.24. The van der Waals surface area contributed by atoms with Crippen LogP contribution < -0.4 is 10.2 Å². The van der Waals surface area contributed by atoms with Crippen molar-refractivity contribution >= 4 is 29.0 Å². The lowest BCUT2D eigenvalue weighted by atomic mass is 9.76. The monoisotopic (exact) mass is 547 g/mol. The van der Waals surface area contributed by atoms with Gasteiger partial charge in [0, 0.05) is 17.7 Å². The number of nitrogens with zero attached hydrogens (tertiary/aromatic N) is 4. The van der Waals surface area contributed by atoms with Gasteiger partial charge < -0.3 is 15.1 Å². The number of rotatable bonds is 4. The first-order chi connectivity index (χ1) is 17.9. The zero-order valence-corrected chi connectivity index (χ0v) is 21.8. The molecule has 38 heavy (non-hydrogen) atoms. The normalized spacial score (nSPS) is 20.6. The van der Waals surface area contributed by atoms with Crippen LogP contribution in [0.2, 0.25) is 5.02 Å². The van der Waals surface area contributed by atoms with Gasteiger partial charge >= 0.3 is 6.18 Å². The Morgan fingerprint density at radius 3 is 2.53 bits per heavy atom. The Labute approximate surface area is 222 Å². The first kappa shape index (κ1) is 26.4. The molecule has 3 heterocycles. The van der Waals surface area contributed by atoms with Crippen molar-refractivity contribution in [2.45, 2.75) is 44.4 Å². The zero-order chi connectivity index (χ0) is 27.4. The molecule has 6 nitrogen and oxygen atoms in total. The number of likely N-dealkylation sites (tertiary alicyclic amines) is 1. The van der Waals surface area contributed by atoms with Gasteiger partial charge in [0.05, 0.1) is 34.6 Å². The number of hydrogen-bond acceptors (Lipinski definition) is 5. The molecule has 3 aromatic rings. The van der Waals surface area contributed by atoms with Gasteiger partial charge in [-0.05, 0) is 52.1 Å². The summed E-state index contributed by atoms with van der Waals surface area (Å²) >= 11 is 6.49. The van der Waals surface area contributed by atoms with Gasteiger partial charge in [-0.2, -0.15) is 13.2 Å². The molecule has 1 spiro atoms. The standard InChI is InChI=1S/C27H26ClF4N5O/c1-15(17-7-6-8-19(22(17)29)27(30,31)32)33-24-18-13-37(21-10-5-4-9-20(21)28)25(38)26(11-12-36(3)14-26)23(18)34-16(2)35-24/h4-10,15H,11-14H2,1-3H3,(H,33,34,35)/t15-,26?/m1/s1. The summed E-state index contributed by atoms with van der Waals surface area (Å²) in [6.07, 6.45) is -4.29. The molecule has 1 N–H and O–H groups in total. The molecule has 2 aliphatic heterocycles. The number of halogens is 5. The molecule has 0 saturated carbocycles. The third kappa shape index (κ3) is 4.39. The first-order valence-electron chi connectivity index (χ1n) is 12.2. The molecule has 200 valence electrons. The SMILES string of the molecule is Cc1nc(N[C@H](C)c2cccc(C(F)(F)F)c2F)c2c(n1)C1(CCN(C)C1)C(=O)N(c1ccccc1Cl)C2. The smallest absolute Gasteiger partial charge is 0.363 e. The van der Waals surface area contributed by atoms with Crippen LogP contribution in [0.4, 0.5) is 29.1 Å². The predicted molar refractivity (Wildman–Crippen MR) is 137 cm³/mol. The highest BCUT2D eigenvalue weighted by Crippen LogP contribution is 2.45. The van der Waals surface area contributed by atoms with E-state index in [0.29, 0.717) is 53.1 Å². The van der Waals surface area contributed by atoms with E-state index in [1.165, 1.54) is 12.1 Å². The summed E-state index contributed by atoms with van der Waals surface area (Å²) in [6, 6.07) is 9.40. The summed E-state index contributed by atoms with van der Waals surface area (Å²) in [5.74, 6) is -0.712. The van der Waals surface area contributed by atoms with Crippen molar-refractivity contribution in [3.63, 3.8) is 0 Å². The average molecular weight is 548 g/mol. The van der Waals surface area contributed by atoms with Gasteiger partial charge in [-0.15, -0.1) is 0 Å². The van der Waals surface area contributed by atoms with Crippen molar-refractivity contribution in [3.05, 3.63) is 81.5 Å². The molecule has 0 radical (unpaired) electrons.